The number of ether oxygens (including phenoxy) is 1. The van der Waals surface area contributed by atoms with Crippen LogP contribution in [0.15, 0.2) is 18.5 Å². The monoisotopic (exact) mass is 520 g/mol. The first-order chi connectivity index (χ1) is 17.3. The van der Waals surface area contributed by atoms with Crippen LogP contribution in [0.2, 0.25) is 0 Å². The number of hydrogen-bond acceptors (Lipinski definition) is 9. The number of carbonyl (C=O) groups is 2. The minimum atomic E-state index is -1.20. The van der Waals surface area contributed by atoms with Gasteiger partial charge in [0.2, 0.25) is 11.8 Å². The molecule has 2 aliphatic heterocycles. The van der Waals surface area contributed by atoms with Gasteiger partial charge in [0.1, 0.15) is 6.17 Å². The molecule has 196 valence electrons. The number of carbonyl (C=O) groups excluding carboxylic acids is 2. The molecule has 2 fully saturated rings. The zero-order valence-electron chi connectivity index (χ0n) is 20.8. The standard InChI is InChI=1S/C23H33FN8O3S/c1-4-16-13-26-21(36-16)29-22(33)31(3)18-14-32(12-8-17(18)24)20-25-9-5-19(28-20)35-23(34)27-15-6-10-30(2)11-7-15/h5,9,13,15,17-18H,4,6-8,10-12,14H2,1-3H3,(H,27,34)(H,26,29,33)/t17-,18+/m1/s1. The van der Waals surface area contributed by atoms with Crippen LogP contribution in [-0.2, 0) is 6.42 Å². The Hall–Kier alpha value is -3.06. The molecule has 2 aliphatic rings. The summed E-state index contributed by atoms with van der Waals surface area (Å²) in [6.45, 7) is 4.44. The van der Waals surface area contributed by atoms with E-state index in [2.05, 4.69) is 37.5 Å². The van der Waals surface area contributed by atoms with E-state index >= 15 is 0 Å². The SMILES string of the molecule is CCc1cnc(NC(=O)N(C)[C@H]2CN(c3nccc(OC(=O)NC4CCN(C)CC4)n3)CC[C@H]2F)s1. The number of piperidine rings is 2. The number of alkyl halides is 1. The van der Waals surface area contributed by atoms with Crippen LogP contribution in [0.25, 0.3) is 0 Å². The van der Waals surface area contributed by atoms with Gasteiger partial charge in [-0.15, -0.1) is 11.3 Å². The summed E-state index contributed by atoms with van der Waals surface area (Å²) < 4.78 is 20.3. The number of amides is 3. The second kappa shape index (κ2) is 11.8. The fourth-order valence-corrected chi connectivity index (χ4v) is 5.04. The van der Waals surface area contributed by atoms with Crippen molar-refractivity contribution >= 4 is 34.5 Å². The maximum atomic E-state index is 14.9. The van der Waals surface area contributed by atoms with Gasteiger partial charge in [0.05, 0.1) is 6.04 Å². The number of urea groups is 1. The van der Waals surface area contributed by atoms with Gasteiger partial charge in [-0.3, -0.25) is 5.32 Å². The maximum Gasteiger partial charge on any atom is 0.414 e. The molecule has 2 aromatic rings. The lowest BCUT2D eigenvalue weighted by atomic mass is 10.0. The van der Waals surface area contributed by atoms with Gasteiger partial charge in [0.25, 0.3) is 0 Å². The second-order valence-corrected chi connectivity index (χ2v) is 10.3. The van der Waals surface area contributed by atoms with Crippen LogP contribution in [0, 0.1) is 0 Å². The van der Waals surface area contributed by atoms with Crippen molar-refractivity contribution in [1.29, 1.82) is 0 Å². The molecule has 36 heavy (non-hydrogen) atoms. The van der Waals surface area contributed by atoms with E-state index in [1.54, 1.807) is 18.1 Å². The number of rotatable bonds is 6. The van der Waals surface area contributed by atoms with Crippen LogP contribution < -0.4 is 20.3 Å². The number of anilines is 2. The van der Waals surface area contributed by atoms with Crippen LogP contribution in [0.1, 0.15) is 31.1 Å². The molecule has 0 unspecified atom stereocenters. The third-order valence-electron chi connectivity index (χ3n) is 6.57. The molecular formula is C23H33FN8O3S. The van der Waals surface area contributed by atoms with Crippen molar-refractivity contribution in [3.8, 4) is 5.88 Å². The van der Waals surface area contributed by atoms with Crippen LogP contribution >= 0.6 is 11.3 Å². The van der Waals surface area contributed by atoms with E-state index in [1.165, 1.54) is 28.5 Å². The summed E-state index contributed by atoms with van der Waals surface area (Å²) in [6.07, 6.45) is 4.24. The summed E-state index contributed by atoms with van der Waals surface area (Å²) in [7, 11) is 3.62. The Morgan fingerprint density at radius 1 is 1.25 bits per heavy atom. The Labute approximate surface area is 214 Å². The highest BCUT2D eigenvalue weighted by atomic mass is 32.1. The molecule has 0 spiro atoms. The average Bonchev–Trinajstić information content (AvgIpc) is 3.33. The van der Waals surface area contributed by atoms with Gasteiger partial charge in [-0.1, -0.05) is 6.92 Å². The molecule has 4 heterocycles. The predicted molar refractivity (Wildman–Crippen MR) is 135 cm³/mol. The fraction of sp³-hybridized carbons (Fsp3) is 0.609. The molecular weight excluding hydrogens is 487 g/mol. The van der Waals surface area contributed by atoms with Crippen molar-refractivity contribution in [2.24, 2.45) is 0 Å². The van der Waals surface area contributed by atoms with Gasteiger partial charge in [-0.2, -0.15) is 4.98 Å². The van der Waals surface area contributed by atoms with E-state index in [-0.39, 0.29) is 24.9 Å². The lowest BCUT2D eigenvalue weighted by molar-refractivity contribution is 0.133. The summed E-state index contributed by atoms with van der Waals surface area (Å²) >= 11 is 1.40. The number of likely N-dealkylation sites (tertiary alicyclic amines) is 1. The minimum absolute atomic E-state index is 0.0685. The van der Waals surface area contributed by atoms with Gasteiger partial charge in [-0.05, 0) is 45.8 Å². The topological polar surface area (TPSA) is 116 Å². The Balaban J connectivity index is 1.35. The first-order valence-electron chi connectivity index (χ1n) is 12.2. The summed E-state index contributed by atoms with van der Waals surface area (Å²) in [4.78, 5) is 44.4. The number of hydrogen-bond donors (Lipinski definition) is 2. The lowest BCUT2D eigenvalue weighted by Gasteiger charge is -2.39. The maximum absolute atomic E-state index is 14.9. The smallest absolute Gasteiger partial charge is 0.391 e. The highest BCUT2D eigenvalue weighted by Gasteiger charge is 2.35. The van der Waals surface area contributed by atoms with E-state index < -0.39 is 24.3 Å². The summed E-state index contributed by atoms with van der Waals surface area (Å²) in [6, 6.07) is 0.448. The summed E-state index contributed by atoms with van der Waals surface area (Å²) in [5.41, 5.74) is 0. The molecule has 0 bridgehead atoms. The predicted octanol–water partition coefficient (Wildman–Crippen LogP) is 2.76. The van der Waals surface area contributed by atoms with Crippen molar-refractivity contribution in [3.63, 3.8) is 0 Å². The molecule has 2 aromatic heterocycles. The number of thiazole rings is 1. The van der Waals surface area contributed by atoms with Crippen molar-refractivity contribution in [2.45, 2.75) is 50.9 Å². The van der Waals surface area contributed by atoms with Crippen LogP contribution in [-0.4, -0.2) is 95.4 Å². The minimum Gasteiger partial charge on any atom is -0.391 e. The molecule has 2 atom stereocenters. The Kier molecular flexibility index (Phi) is 8.52. The zero-order valence-corrected chi connectivity index (χ0v) is 21.6. The quantitative estimate of drug-likeness (QED) is 0.598. The van der Waals surface area contributed by atoms with Gasteiger partial charge in [0.15, 0.2) is 5.13 Å². The van der Waals surface area contributed by atoms with E-state index in [0.29, 0.717) is 17.6 Å². The number of aryl methyl sites for hydroxylation is 1. The first-order valence-corrected chi connectivity index (χ1v) is 13.0. The molecule has 4 rings (SSSR count). The Bertz CT molecular complexity index is 1050. The van der Waals surface area contributed by atoms with Crippen LogP contribution in [0.5, 0.6) is 5.88 Å². The Morgan fingerprint density at radius 3 is 2.75 bits per heavy atom. The fourth-order valence-electron chi connectivity index (χ4n) is 4.29. The molecule has 0 aliphatic carbocycles. The van der Waals surface area contributed by atoms with Crippen molar-refractivity contribution < 1.29 is 18.7 Å². The van der Waals surface area contributed by atoms with Crippen molar-refractivity contribution in [2.75, 3.05) is 50.5 Å². The molecule has 2 saturated heterocycles. The number of aromatic nitrogens is 3. The third-order valence-corrected chi connectivity index (χ3v) is 7.63. The van der Waals surface area contributed by atoms with Gasteiger partial charge in [-0.25, -0.2) is 23.9 Å². The van der Waals surface area contributed by atoms with E-state index in [0.717, 1.165) is 37.2 Å². The van der Waals surface area contributed by atoms with Gasteiger partial charge >= 0.3 is 12.1 Å². The normalized spacial score (nSPS) is 21.2. The third kappa shape index (κ3) is 6.58. The van der Waals surface area contributed by atoms with E-state index in [1.807, 2.05) is 6.92 Å². The molecule has 0 saturated carbocycles. The molecule has 2 N–H and O–H groups in total. The number of nitrogens with zero attached hydrogens (tertiary/aromatic N) is 6. The molecule has 11 nitrogen and oxygen atoms in total. The highest BCUT2D eigenvalue weighted by molar-refractivity contribution is 7.15. The molecule has 0 radical (unpaired) electrons. The highest BCUT2D eigenvalue weighted by Crippen LogP contribution is 2.24. The van der Waals surface area contributed by atoms with Crippen LogP contribution in [0.4, 0.5) is 25.1 Å². The molecule has 0 aromatic carbocycles. The van der Waals surface area contributed by atoms with Crippen molar-refractivity contribution in [3.05, 3.63) is 23.3 Å². The number of halogens is 1. The number of likely N-dealkylation sites (N-methyl/N-ethyl adjacent to an activating group) is 1. The Morgan fingerprint density at radius 2 is 2.03 bits per heavy atom. The average molecular weight is 521 g/mol. The largest absolute Gasteiger partial charge is 0.414 e. The molecule has 3 amide bonds. The van der Waals surface area contributed by atoms with E-state index in [4.69, 9.17) is 4.74 Å². The first kappa shape index (κ1) is 26.0. The number of nitrogens with one attached hydrogen (secondary N) is 2. The summed E-state index contributed by atoms with van der Waals surface area (Å²) in [5, 5.41) is 6.12. The van der Waals surface area contributed by atoms with E-state index in [9.17, 15) is 14.0 Å². The zero-order chi connectivity index (χ0) is 25.7. The molecule has 13 heteroatoms. The summed E-state index contributed by atoms with van der Waals surface area (Å²) in [5.74, 6) is 0.434. The van der Waals surface area contributed by atoms with Gasteiger partial charge < -0.3 is 24.8 Å². The second-order valence-electron chi connectivity index (χ2n) is 9.15. The van der Waals surface area contributed by atoms with Gasteiger partial charge in [0, 0.05) is 49.5 Å². The lowest BCUT2D eigenvalue weighted by Crippen LogP contribution is -2.55. The van der Waals surface area contributed by atoms with Crippen molar-refractivity contribution in [1.82, 2.24) is 30.1 Å². The van der Waals surface area contributed by atoms with Crippen LogP contribution in [0.3, 0.4) is 0 Å².